The van der Waals surface area contributed by atoms with Gasteiger partial charge in [-0.2, -0.15) is 0 Å². The van der Waals surface area contributed by atoms with Crippen LogP contribution in [0.1, 0.15) is 52.4 Å². The van der Waals surface area contributed by atoms with Gasteiger partial charge < -0.3 is 5.73 Å². The number of likely N-dealkylation sites (tertiary alicyclic amines) is 1. The van der Waals surface area contributed by atoms with Crippen molar-refractivity contribution in [3.63, 3.8) is 0 Å². The van der Waals surface area contributed by atoms with Gasteiger partial charge in [-0.05, 0) is 51.4 Å². The van der Waals surface area contributed by atoms with Gasteiger partial charge in [-0.1, -0.05) is 6.92 Å². The molecule has 0 amide bonds. The Morgan fingerprint density at radius 3 is 2.13 bits per heavy atom. The second kappa shape index (κ2) is 4.42. The molecule has 0 aromatic carbocycles. The summed E-state index contributed by atoms with van der Waals surface area (Å²) >= 11 is 0. The van der Waals surface area contributed by atoms with Crippen LogP contribution in [-0.4, -0.2) is 29.6 Å². The van der Waals surface area contributed by atoms with Crippen LogP contribution in [0.3, 0.4) is 0 Å². The first kappa shape index (κ1) is 11.4. The van der Waals surface area contributed by atoms with Crippen molar-refractivity contribution in [2.75, 3.05) is 13.1 Å². The van der Waals surface area contributed by atoms with Crippen LogP contribution in [0.25, 0.3) is 0 Å². The van der Waals surface area contributed by atoms with E-state index in [0.717, 1.165) is 5.92 Å². The van der Waals surface area contributed by atoms with Crippen LogP contribution in [0, 0.1) is 5.92 Å². The molecule has 1 aliphatic heterocycles. The Kier molecular flexibility index (Phi) is 3.36. The number of nitrogens with zero attached hydrogens (tertiary/aromatic N) is 1. The van der Waals surface area contributed by atoms with Crippen LogP contribution >= 0.6 is 0 Å². The quantitative estimate of drug-likeness (QED) is 0.720. The van der Waals surface area contributed by atoms with E-state index in [1.165, 1.54) is 51.6 Å². The summed E-state index contributed by atoms with van der Waals surface area (Å²) in [7, 11) is 0. The highest BCUT2D eigenvalue weighted by Crippen LogP contribution is 2.37. The van der Waals surface area contributed by atoms with Crippen LogP contribution < -0.4 is 5.73 Å². The van der Waals surface area contributed by atoms with E-state index in [0.29, 0.717) is 11.6 Å². The lowest BCUT2D eigenvalue weighted by atomic mass is 9.76. The van der Waals surface area contributed by atoms with E-state index < -0.39 is 0 Å². The van der Waals surface area contributed by atoms with Crippen LogP contribution in [0.2, 0.25) is 0 Å². The normalized spacial score (nSPS) is 40.6. The molecule has 2 rings (SSSR count). The van der Waals surface area contributed by atoms with Crippen LogP contribution in [0.15, 0.2) is 0 Å². The van der Waals surface area contributed by atoms with E-state index in [2.05, 4.69) is 18.7 Å². The fourth-order valence-corrected chi connectivity index (χ4v) is 3.14. The predicted molar refractivity (Wildman–Crippen MR) is 64.8 cm³/mol. The van der Waals surface area contributed by atoms with E-state index in [4.69, 9.17) is 5.73 Å². The van der Waals surface area contributed by atoms with E-state index >= 15 is 0 Å². The molecule has 2 heteroatoms. The summed E-state index contributed by atoms with van der Waals surface area (Å²) in [5.41, 5.74) is 6.46. The van der Waals surface area contributed by atoms with E-state index in [1.807, 2.05) is 0 Å². The highest BCUT2D eigenvalue weighted by atomic mass is 15.2. The van der Waals surface area contributed by atoms with Gasteiger partial charge in [0.05, 0.1) is 0 Å². The van der Waals surface area contributed by atoms with Crippen molar-refractivity contribution in [2.45, 2.75) is 64.0 Å². The maximum Gasteiger partial charge on any atom is 0.0181 e. The van der Waals surface area contributed by atoms with Gasteiger partial charge in [0.1, 0.15) is 0 Å². The Labute approximate surface area is 94.2 Å². The topological polar surface area (TPSA) is 29.3 Å². The second-order valence-electron chi connectivity index (χ2n) is 6.00. The lowest BCUT2D eigenvalue weighted by Gasteiger charge is -2.48. The van der Waals surface area contributed by atoms with Crippen LogP contribution in [0.5, 0.6) is 0 Å². The largest absolute Gasteiger partial charge is 0.328 e. The summed E-state index contributed by atoms with van der Waals surface area (Å²) in [6.07, 6.45) is 8.02. The zero-order valence-corrected chi connectivity index (χ0v) is 10.3. The first-order chi connectivity index (χ1) is 7.10. The van der Waals surface area contributed by atoms with Crippen molar-refractivity contribution in [3.8, 4) is 0 Å². The van der Waals surface area contributed by atoms with Gasteiger partial charge >= 0.3 is 0 Å². The maximum atomic E-state index is 5.97. The minimum atomic E-state index is 0.465. The zero-order chi connectivity index (χ0) is 10.9. The number of nitrogens with two attached hydrogens (primary N) is 1. The van der Waals surface area contributed by atoms with E-state index in [9.17, 15) is 0 Å². The molecule has 1 saturated carbocycles. The number of hydrogen-bond donors (Lipinski definition) is 1. The molecule has 88 valence electrons. The predicted octanol–water partition coefficient (Wildman–Crippen LogP) is 2.38. The first-order valence-electron chi connectivity index (χ1n) is 6.61. The highest BCUT2D eigenvalue weighted by Gasteiger charge is 2.36. The molecular weight excluding hydrogens is 184 g/mol. The van der Waals surface area contributed by atoms with Crippen molar-refractivity contribution in [2.24, 2.45) is 11.7 Å². The van der Waals surface area contributed by atoms with Crippen molar-refractivity contribution >= 4 is 0 Å². The number of rotatable bonds is 1. The SMILES string of the molecule is C[C@H]1CC[C@@](C)(N2CCC(N)CC2)CC1. The van der Waals surface area contributed by atoms with Crippen molar-refractivity contribution in [1.82, 2.24) is 4.90 Å². The number of piperidine rings is 1. The van der Waals surface area contributed by atoms with E-state index in [1.54, 1.807) is 0 Å². The fourth-order valence-electron chi connectivity index (χ4n) is 3.14. The molecule has 2 nitrogen and oxygen atoms in total. The van der Waals surface area contributed by atoms with Crippen LogP contribution in [0.4, 0.5) is 0 Å². The van der Waals surface area contributed by atoms with Crippen molar-refractivity contribution in [1.29, 1.82) is 0 Å². The molecule has 2 N–H and O–H groups in total. The molecule has 1 heterocycles. The second-order valence-corrected chi connectivity index (χ2v) is 6.00. The van der Waals surface area contributed by atoms with Gasteiger partial charge in [-0.25, -0.2) is 0 Å². The molecule has 1 saturated heterocycles. The van der Waals surface area contributed by atoms with Gasteiger partial charge in [-0.15, -0.1) is 0 Å². The summed E-state index contributed by atoms with van der Waals surface area (Å²) in [6, 6.07) is 0.465. The first-order valence-corrected chi connectivity index (χ1v) is 6.61. The highest BCUT2D eigenvalue weighted by molar-refractivity contribution is 4.92. The zero-order valence-electron chi connectivity index (χ0n) is 10.3. The summed E-state index contributed by atoms with van der Waals surface area (Å²) in [4.78, 5) is 2.71. The molecule has 0 spiro atoms. The lowest BCUT2D eigenvalue weighted by molar-refractivity contribution is 0.0335. The Hall–Kier alpha value is -0.0800. The molecule has 1 aliphatic carbocycles. The van der Waals surface area contributed by atoms with Crippen molar-refractivity contribution < 1.29 is 0 Å². The molecule has 2 fully saturated rings. The Morgan fingerprint density at radius 1 is 1.07 bits per heavy atom. The standard InChI is InChI=1S/C13H26N2/c1-11-3-7-13(2,8-4-11)15-9-5-12(14)6-10-15/h11-12H,3-10,14H2,1-2H3/t11-,13+. The van der Waals surface area contributed by atoms with E-state index in [-0.39, 0.29) is 0 Å². The maximum absolute atomic E-state index is 5.97. The van der Waals surface area contributed by atoms with Gasteiger partial charge in [0.15, 0.2) is 0 Å². The molecule has 0 atom stereocenters. The van der Waals surface area contributed by atoms with Gasteiger partial charge in [-0.3, -0.25) is 4.90 Å². The summed E-state index contributed by atoms with van der Waals surface area (Å²) < 4.78 is 0. The van der Waals surface area contributed by atoms with Gasteiger partial charge in [0, 0.05) is 24.7 Å². The fraction of sp³-hybridized carbons (Fsp3) is 1.00. The Balaban J connectivity index is 1.91. The third-order valence-corrected chi connectivity index (χ3v) is 4.65. The molecule has 2 aliphatic rings. The molecule has 15 heavy (non-hydrogen) atoms. The van der Waals surface area contributed by atoms with Crippen molar-refractivity contribution in [3.05, 3.63) is 0 Å². The minimum Gasteiger partial charge on any atom is -0.328 e. The average Bonchev–Trinajstić information content (AvgIpc) is 2.24. The summed E-state index contributed by atoms with van der Waals surface area (Å²) in [5, 5.41) is 0. The minimum absolute atomic E-state index is 0.465. The third kappa shape index (κ3) is 2.54. The summed E-state index contributed by atoms with van der Waals surface area (Å²) in [5.74, 6) is 0.949. The number of hydrogen-bond acceptors (Lipinski definition) is 2. The lowest BCUT2D eigenvalue weighted by Crippen LogP contribution is -2.53. The van der Waals surface area contributed by atoms with Gasteiger partial charge in [0.2, 0.25) is 0 Å². The molecule has 0 unspecified atom stereocenters. The third-order valence-electron chi connectivity index (χ3n) is 4.65. The monoisotopic (exact) mass is 210 g/mol. The average molecular weight is 210 g/mol. The molecule has 0 aromatic rings. The smallest absolute Gasteiger partial charge is 0.0181 e. The molecule has 0 aromatic heterocycles. The van der Waals surface area contributed by atoms with Crippen LogP contribution in [-0.2, 0) is 0 Å². The van der Waals surface area contributed by atoms with Gasteiger partial charge in [0.25, 0.3) is 0 Å². The molecule has 0 radical (unpaired) electrons. The Morgan fingerprint density at radius 2 is 1.60 bits per heavy atom. The Bertz CT molecular complexity index is 199. The molecule has 0 bridgehead atoms. The molecular formula is C13H26N2. The summed E-state index contributed by atoms with van der Waals surface area (Å²) in [6.45, 7) is 7.32.